The van der Waals surface area contributed by atoms with Crippen LogP contribution in [0.25, 0.3) is 0 Å². The Balaban J connectivity index is 1.70. The van der Waals surface area contributed by atoms with E-state index in [1.54, 1.807) is 0 Å². The number of esters is 1. The van der Waals surface area contributed by atoms with Crippen molar-refractivity contribution in [1.82, 2.24) is 5.32 Å². The molecule has 2 rings (SSSR count). The maximum atomic E-state index is 12.0. The molecule has 1 N–H and O–H groups in total. The lowest BCUT2D eigenvalue weighted by atomic mass is 9.85. The Bertz CT molecular complexity index is 286. The van der Waals surface area contributed by atoms with Crippen molar-refractivity contribution >= 4 is 5.97 Å². The molecule has 0 spiro atoms. The Morgan fingerprint density at radius 2 is 2.16 bits per heavy atom. The Kier molecular flexibility index (Phi) is 5.68. The zero-order valence-electron chi connectivity index (χ0n) is 12.5. The van der Waals surface area contributed by atoms with Gasteiger partial charge in [0.05, 0.1) is 0 Å². The molecule has 2 fully saturated rings. The van der Waals surface area contributed by atoms with Crippen LogP contribution in [0, 0.1) is 17.8 Å². The third-order valence-electron chi connectivity index (χ3n) is 4.81. The predicted octanol–water partition coefficient (Wildman–Crippen LogP) is 3.13. The maximum absolute atomic E-state index is 12.0. The smallest absolute Gasteiger partial charge is 0.306 e. The third kappa shape index (κ3) is 4.79. The topological polar surface area (TPSA) is 38.3 Å². The van der Waals surface area contributed by atoms with Crippen LogP contribution < -0.4 is 5.32 Å². The summed E-state index contributed by atoms with van der Waals surface area (Å²) in [5, 5.41) is 3.42. The summed E-state index contributed by atoms with van der Waals surface area (Å²) in [4.78, 5) is 12.0. The second-order valence-electron chi connectivity index (χ2n) is 6.67. The molecule has 1 saturated carbocycles. The first-order valence-corrected chi connectivity index (χ1v) is 8.05. The lowest BCUT2D eigenvalue weighted by Crippen LogP contribution is -2.34. The molecule has 0 bridgehead atoms. The summed E-state index contributed by atoms with van der Waals surface area (Å²) in [6, 6.07) is 0. The third-order valence-corrected chi connectivity index (χ3v) is 4.81. The van der Waals surface area contributed by atoms with Crippen LogP contribution in [0.2, 0.25) is 0 Å². The van der Waals surface area contributed by atoms with E-state index in [-0.39, 0.29) is 12.1 Å². The Labute approximate surface area is 117 Å². The molecule has 1 aliphatic carbocycles. The molecule has 0 aromatic rings. The molecule has 0 amide bonds. The summed E-state index contributed by atoms with van der Waals surface area (Å²) in [6.45, 7) is 6.65. The number of hydrogen-bond acceptors (Lipinski definition) is 3. The molecule has 0 radical (unpaired) electrons. The average Bonchev–Trinajstić information content (AvgIpc) is 2.39. The fourth-order valence-corrected chi connectivity index (χ4v) is 3.51. The Morgan fingerprint density at radius 1 is 1.32 bits per heavy atom. The van der Waals surface area contributed by atoms with Gasteiger partial charge in [0.25, 0.3) is 0 Å². The van der Waals surface area contributed by atoms with E-state index < -0.39 is 0 Å². The summed E-state index contributed by atoms with van der Waals surface area (Å²) >= 11 is 0. The van der Waals surface area contributed by atoms with Crippen molar-refractivity contribution in [3.63, 3.8) is 0 Å². The number of piperidine rings is 1. The molecular weight excluding hydrogens is 238 g/mol. The van der Waals surface area contributed by atoms with Crippen molar-refractivity contribution in [3.8, 4) is 0 Å². The number of carbonyl (C=O) groups excluding carboxylic acids is 1. The standard InChI is InChI=1S/C16H29NO2/c1-12-5-3-7-15(9-12)19-16(18)10-13(2)14-6-4-8-17-11-14/h12-15,17H,3-11H2,1-2H3. The molecule has 3 nitrogen and oxygen atoms in total. The first-order chi connectivity index (χ1) is 9.15. The van der Waals surface area contributed by atoms with Crippen molar-refractivity contribution in [3.05, 3.63) is 0 Å². The van der Waals surface area contributed by atoms with E-state index in [0.717, 1.165) is 25.9 Å². The summed E-state index contributed by atoms with van der Waals surface area (Å²) in [5.74, 6) is 1.83. The largest absolute Gasteiger partial charge is 0.462 e. The number of ether oxygens (including phenoxy) is 1. The van der Waals surface area contributed by atoms with E-state index >= 15 is 0 Å². The van der Waals surface area contributed by atoms with Gasteiger partial charge in [0.1, 0.15) is 6.10 Å². The van der Waals surface area contributed by atoms with Gasteiger partial charge < -0.3 is 10.1 Å². The molecule has 19 heavy (non-hydrogen) atoms. The monoisotopic (exact) mass is 267 g/mol. The van der Waals surface area contributed by atoms with Crippen molar-refractivity contribution in [2.24, 2.45) is 17.8 Å². The predicted molar refractivity (Wildman–Crippen MR) is 76.9 cm³/mol. The molecule has 0 aromatic heterocycles. The molecule has 1 heterocycles. The van der Waals surface area contributed by atoms with Crippen LogP contribution in [-0.4, -0.2) is 25.2 Å². The van der Waals surface area contributed by atoms with E-state index in [4.69, 9.17) is 4.74 Å². The zero-order valence-corrected chi connectivity index (χ0v) is 12.5. The number of hydrogen-bond donors (Lipinski definition) is 1. The minimum Gasteiger partial charge on any atom is -0.462 e. The zero-order chi connectivity index (χ0) is 13.7. The maximum Gasteiger partial charge on any atom is 0.306 e. The first-order valence-electron chi connectivity index (χ1n) is 8.05. The number of carbonyl (C=O) groups is 1. The lowest BCUT2D eigenvalue weighted by molar-refractivity contribution is -0.152. The fraction of sp³-hybridized carbons (Fsp3) is 0.938. The van der Waals surface area contributed by atoms with Crippen LogP contribution in [0.15, 0.2) is 0 Å². The van der Waals surface area contributed by atoms with Gasteiger partial charge >= 0.3 is 5.97 Å². The quantitative estimate of drug-likeness (QED) is 0.795. The Morgan fingerprint density at radius 3 is 2.84 bits per heavy atom. The minimum atomic E-state index is 0.0252. The molecule has 110 valence electrons. The summed E-state index contributed by atoms with van der Waals surface area (Å²) in [7, 11) is 0. The normalized spacial score (nSPS) is 33.7. The highest BCUT2D eigenvalue weighted by Gasteiger charge is 2.26. The van der Waals surface area contributed by atoms with E-state index in [1.165, 1.54) is 25.7 Å². The van der Waals surface area contributed by atoms with Crippen molar-refractivity contribution in [1.29, 1.82) is 0 Å². The number of rotatable bonds is 4. The van der Waals surface area contributed by atoms with E-state index in [9.17, 15) is 4.79 Å². The van der Waals surface area contributed by atoms with Gasteiger partial charge in [-0.3, -0.25) is 4.79 Å². The van der Waals surface area contributed by atoms with Crippen LogP contribution in [-0.2, 0) is 9.53 Å². The molecular formula is C16H29NO2. The second-order valence-corrected chi connectivity index (χ2v) is 6.67. The second kappa shape index (κ2) is 7.28. The first kappa shape index (κ1) is 14.8. The van der Waals surface area contributed by atoms with Gasteiger partial charge in [-0.25, -0.2) is 0 Å². The molecule has 0 aromatic carbocycles. The van der Waals surface area contributed by atoms with Crippen LogP contribution in [0.1, 0.15) is 58.8 Å². The van der Waals surface area contributed by atoms with Crippen molar-refractivity contribution < 1.29 is 9.53 Å². The summed E-state index contributed by atoms with van der Waals surface area (Å²) < 4.78 is 5.66. The molecule has 1 aliphatic heterocycles. The van der Waals surface area contributed by atoms with E-state index in [0.29, 0.717) is 24.2 Å². The average molecular weight is 267 g/mol. The van der Waals surface area contributed by atoms with Gasteiger partial charge in [0.15, 0.2) is 0 Å². The highest BCUT2D eigenvalue weighted by molar-refractivity contribution is 5.69. The highest BCUT2D eigenvalue weighted by Crippen LogP contribution is 2.27. The molecule has 4 atom stereocenters. The van der Waals surface area contributed by atoms with Gasteiger partial charge in [-0.05, 0) is 62.9 Å². The molecule has 1 saturated heterocycles. The van der Waals surface area contributed by atoms with Crippen LogP contribution >= 0.6 is 0 Å². The van der Waals surface area contributed by atoms with Crippen LogP contribution in [0.4, 0.5) is 0 Å². The van der Waals surface area contributed by atoms with Crippen molar-refractivity contribution in [2.75, 3.05) is 13.1 Å². The molecule has 3 heteroatoms. The van der Waals surface area contributed by atoms with Gasteiger partial charge in [-0.2, -0.15) is 0 Å². The fourth-order valence-electron chi connectivity index (χ4n) is 3.51. The summed E-state index contributed by atoms with van der Waals surface area (Å²) in [6.07, 6.45) is 7.90. The lowest BCUT2D eigenvalue weighted by Gasteiger charge is -2.29. The summed E-state index contributed by atoms with van der Waals surface area (Å²) in [5.41, 5.74) is 0. The highest BCUT2D eigenvalue weighted by atomic mass is 16.5. The Hall–Kier alpha value is -0.570. The molecule has 2 aliphatic rings. The minimum absolute atomic E-state index is 0.0252. The molecule has 4 unspecified atom stereocenters. The van der Waals surface area contributed by atoms with Gasteiger partial charge in [0.2, 0.25) is 0 Å². The van der Waals surface area contributed by atoms with Gasteiger partial charge in [-0.15, -0.1) is 0 Å². The SMILES string of the molecule is CC1CCCC(OC(=O)CC(C)C2CCCNC2)C1. The van der Waals surface area contributed by atoms with E-state index in [1.807, 2.05) is 0 Å². The van der Waals surface area contributed by atoms with Gasteiger partial charge in [-0.1, -0.05) is 20.3 Å². The van der Waals surface area contributed by atoms with Crippen molar-refractivity contribution in [2.45, 2.75) is 64.9 Å². The number of nitrogens with one attached hydrogen (secondary N) is 1. The van der Waals surface area contributed by atoms with Gasteiger partial charge in [0, 0.05) is 6.42 Å². The van der Waals surface area contributed by atoms with Crippen LogP contribution in [0.3, 0.4) is 0 Å². The van der Waals surface area contributed by atoms with Crippen LogP contribution in [0.5, 0.6) is 0 Å². The van der Waals surface area contributed by atoms with E-state index in [2.05, 4.69) is 19.2 Å².